The van der Waals surface area contributed by atoms with Gasteiger partial charge in [-0.15, -0.1) is 0 Å². The molecule has 0 aliphatic carbocycles. The first-order valence-corrected chi connectivity index (χ1v) is 50.8. The lowest BCUT2D eigenvalue weighted by Crippen LogP contribution is -2.10. The molecule has 143 heavy (non-hydrogen) atoms. The topological polar surface area (TPSA) is 39.0 Å². The summed E-state index contributed by atoms with van der Waals surface area (Å²) in [5.41, 5.74) is 44.8. The van der Waals surface area contributed by atoms with E-state index in [0.29, 0.717) is 0 Å². The highest BCUT2D eigenvalue weighted by atomic mass is 32.4. The highest BCUT2D eigenvalue weighted by Crippen LogP contribution is 2.42. The van der Waals surface area contributed by atoms with E-state index in [1.54, 1.807) is 6.66 Å². The quantitative estimate of drug-likeness (QED) is 0.0539. The molecule has 0 saturated carbocycles. The average molecular weight is 1910 g/mol. The predicted molar refractivity (Wildman–Crippen MR) is 637 cm³/mol. The van der Waals surface area contributed by atoms with Gasteiger partial charge in [0, 0.05) is 68.2 Å². The number of benzene rings is 19. The van der Waals surface area contributed by atoms with Crippen molar-refractivity contribution in [2.45, 2.75) is 104 Å². The van der Waals surface area contributed by atoms with Gasteiger partial charge in [-0.25, -0.2) is 0 Å². The summed E-state index contributed by atoms with van der Waals surface area (Å²) in [4.78, 5) is 9.21. The number of rotatable bonds is 22. The Kier molecular flexibility index (Phi) is 38.0. The van der Waals surface area contributed by atoms with Crippen molar-refractivity contribution in [2.75, 3.05) is 26.3 Å². The minimum atomic E-state index is -2.06. The Morgan fingerprint density at radius 3 is 0.720 bits per heavy atom. The number of fused-ring (bicyclic) bond motifs is 1. The SMILES string of the molecule is C.C.C.Cc1ccc(N(c2ccc(C)cc2)c2ccc(/C=C/c3ccc(-c4ccccc4)cc3)cc2)cc1.Cc1ccc(N(c2ccc(C)cc2)c2ccc(/C=C/c3ccc(C(C)(C)C)cc3)cc2)cc1.Cc1ccc(N(c2ccc(C)cc2)c2ccc(/C=C/c3cccc4ccccc34)cc2)cc1.Cc1ccc(N(c2ccc(C)cc2)c2ccc(C=C(c3ccccc3)c3ccccc3)cc2)cc1.[3H-].[3H]P(C)(N)=S. The van der Waals surface area contributed by atoms with Crippen molar-refractivity contribution in [2.24, 2.45) is 5.50 Å². The van der Waals surface area contributed by atoms with Gasteiger partial charge in [-0.1, -0.05) is 463 Å². The molecule has 0 saturated heterocycles. The van der Waals surface area contributed by atoms with Crippen LogP contribution in [0.1, 0.15) is 145 Å². The van der Waals surface area contributed by atoms with Crippen LogP contribution < -0.4 is 25.1 Å². The molecule has 19 aromatic carbocycles. The molecular weight excluding hydrogens is 1770 g/mol. The lowest BCUT2D eigenvalue weighted by molar-refractivity contribution is 0.590. The van der Waals surface area contributed by atoms with Crippen LogP contribution in [-0.4, -0.2) is 7.94 Å². The van der Waals surface area contributed by atoms with Crippen LogP contribution in [0.3, 0.4) is 0 Å². The Labute approximate surface area is 862 Å². The van der Waals surface area contributed by atoms with Crippen LogP contribution in [0.4, 0.5) is 68.2 Å². The van der Waals surface area contributed by atoms with E-state index in [1.807, 2.05) is 6.07 Å². The maximum absolute atomic E-state index is 6.64. The monoisotopic (exact) mass is 1910 g/mol. The van der Waals surface area contributed by atoms with Crippen molar-refractivity contribution >= 4 is 146 Å². The predicted octanol–water partition coefficient (Wildman–Crippen LogP) is 39.5. The van der Waals surface area contributed by atoms with Crippen molar-refractivity contribution in [3.05, 3.63) is 573 Å². The van der Waals surface area contributed by atoms with Crippen molar-refractivity contribution < 1.29 is 1.43 Å². The Bertz CT molecular complexity index is 7140. The molecule has 0 amide bonds. The molecule has 0 radical (unpaired) electrons. The second-order valence-corrected chi connectivity index (χ2v) is 39.5. The molecule has 19 rings (SSSR count). The molecule has 2 N–H and O–H groups in total. The fraction of sp³-hybridized carbons (Fsp3) is 0.118. The molecule has 718 valence electrons. The molecule has 0 fully saturated rings. The van der Waals surface area contributed by atoms with E-state index in [4.69, 9.17) is 6.78 Å². The second-order valence-electron chi connectivity index (χ2n) is 36.7. The standard InChI is InChI=1S/2C34H29N.C32H27N.C32H33N.CH6NPS.3CH4.H/c1-26-13-19-31(20-14-26)35(32-21-15-27(2)16-22-32)33-23-17-28(18-24-33)25-34(29-9-5-3-6-10-29)30-11-7-4-8-12-30;1-26-8-20-32(21-9-26)35(33-22-10-27(2)11-23-33)34-24-16-29(17-25-34)13-12-28-14-18-31(19-15-28)30-6-4-3-5-7-30;1-24-10-18-29(19-11-24)33(30-20-12-25(2)13-21-30)31-22-15-26(16-23-31)14-17-28-8-5-7-27-6-3-4-9-32(27)28;1-24-6-18-29(19-7-24)33(30-20-8-25(2)9-21-30)31-22-14-27(15-23-31)11-10-26-12-16-28(17-13-26)32(3,4)5;1-3(2)4;;;;/h2*3-25H,1-2H3;3-23H,1-2H3;6-23H,1-5H3;3H,1H3,(H2,2,4);3*1H4;/q;;;;;;;;-1/b;13-12+;17-14+;11-10+;;;;;/i;;;;3T;;;;1+2. The van der Waals surface area contributed by atoms with Gasteiger partial charge in [0.05, 0.1) is 1.28 Å². The largest absolute Gasteiger partial charge is 1.00 e. The average Bonchev–Trinajstić information content (AvgIpc) is 0.827. The highest BCUT2D eigenvalue weighted by Gasteiger charge is 2.19. The molecule has 19 aromatic rings. The van der Waals surface area contributed by atoms with Crippen molar-refractivity contribution in [1.29, 1.82) is 1.28 Å². The van der Waals surface area contributed by atoms with Gasteiger partial charge in [-0.2, -0.15) is 0 Å². The molecule has 0 aromatic heterocycles. The summed E-state index contributed by atoms with van der Waals surface area (Å²) >= 11 is 4.38. The van der Waals surface area contributed by atoms with Crippen molar-refractivity contribution in [3.8, 4) is 11.1 Å². The summed E-state index contributed by atoms with van der Waals surface area (Å²) < 4.78 is 6.64. The molecule has 5 nitrogen and oxygen atoms in total. The summed E-state index contributed by atoms with van der Waals surface area (Å²) in [5, 5.41) is 2.54. The number of hydrogen-bond donors (Lipinski definition) is 1. The molecular formula is C136H137N5PS-. The Morgan fingerprint density at radius 1 is 0.252 bits per heavy atom. The van der Waals surface area contributed by atoms with E-state index in [9.17, 15) is 0 Å². The highest BCUT2D eigenvalue weighted by molar-refractivity contribution is 8.03. The third kappa shape index (κ3) is 30.1. The van der Waals surface area contributed by atoms with E-state index >= 15 is 0 Å². The first kappa shape index (κ1) is 105. The zero-order valence-corrected chi connectivity index (χ0v) is 84.0. The molecule has 0 spiro atoms. The van der Waals surface area contributed by atoms with E-state index in [0.717, 1.165) is 68.2 Å². The van der Waals surface area contributed by atoms with Gasteiger partial charge in [0.1, 0.15) is 0 Å². The zero-order valence-electron chi connectivity index (χ0n) is 84.3. The summed E-state index contributed by atoms with van der Waals surface area (Å²) in [7, 11) is 0. The van der Waals surface area contributed by atoms with Gasteiger partial charge in [0.15, 0.2) is 0 Å². The van der Waals surface area contributed by atoms with Crippen LogP contribution in [0.15, 0.2) is 473 Å². The van der Waals surface area contributed by atoms with Crippen molar-refractivity contribution in [3.63, 3.8) is 0 Å². The van der Waals surface area contributed by atoms with Gasteiger partial charge in [-0.3, -0.25) is 0 Å². The third-order valence-corrected chi connectivity index (χ3v) is 24.4. The molecule has 1 unspecified atom stereocenters. The normalized spacial score (nSPS) is 11.3. The van der Waals surface area contributed by atoms with Crippen LogP contribution in [0.5, 0.6) is 0 Å². The van der Waals surface area contributed by atoms with Crippen LogP contribution in [0.2, 0.25) is 0 Å². The number of nitrogens with zero attached hydrogens (tertiary/aromatic N) is 4. The van der Waals surface area contributed by atoms with Gasteiger partial charge < -0.3 is 26.5 Å². The van der Waals surface area contributed by atoms with Crippen LogP contribution >= 0.6 is 6.79 Å². The molecule has 0 heterocycles. The second kappa shape index (κ2) is 51.9. The third-order valence-electron chi connectivity index (χ3n) is 24.4. The number of aryl methyl sites for hydroxylation is 8. The first-order chi connectivity index (χ1) is 68.3. The summed E-state index contributed by atoms with van der Waals surface area (Å²) in [6.45, 7) is 23.2. The van der Waals surface area contributed by atoms with Gasteiger partial charge >= 0.3 is 0 Å². The lowest BCUT2D eigenvalue weighted by Gasteiger charge is -2.26. The number of nitrogens with two attached hydrogens (primary N) is 1. The maximum Gasteiger partial charge on any atom is 0.0845 e. The molecule has 0 aliphatic heterocycles. The van der Waals surface area contributed by atoms with Crippen LogP contribution in [0, 0.1) is 55.4 Å². The number of hydrogen-bond acceptors (Lipinski definition) is 5. The van der Waals surface area contributed by atoms with E-state index in [1.165, 1.54) is 128 Å². The fourth-order valence-electron chi connectivity index (χ4n) is 16.5. The summed E-state index contributed by atoms with van der Waals surface area (Å²) in [5.74, 6) is 0. The smallest absolute Gasteiger partial charge is 0.0845 e. The van der Waals surface area contributed by atoms with E-state index in [2.05, 4.69) is 617 Å². The molecule has 7 heteroatoms. The fourth-order valence-corrected chi connectivity index (χ4v) is 16.5. The number of anilines is 12. The Hall–Kier alpha value is -15.8. The Morgan fingerprint density at radius 2 is 0.455 bits per heavy atom. The van der Waals surface area contributed by atoms with E-state index in [-0.39, 0.29) is 29.1 Å². The van der Waals surface area contributed by atoms with Crippen LogP contribution in [-0.2, 0) is 17.2 Å². The lowest BCUT2D eigenvalue weighted by atomic mass is 9.87. The zero-order chi connectivity index (χ0) is 98.6. The molecule has 1 atom stereocenters. The minimum absolute atomic E-state index is 0. The minimum Gasteiger partial charge on any atom is -1.00 e. The van der Waals surface area contributed by atoms with Crippen LogP contribution in [0.25, 0.3) is 70.0 Å². The Balaban J connectivity index is 0.000000179. The summed E-state index contributed by atoms with van der Waals surface area (Å²) in [6.07, 6.45) is 15.4. The molecule has 0 aliphatic rings. The van der Waals surface area contributed by atoms with Gasteiger partial charge in [0.2, 0.25) is 0 Å². The van der Waals surface area contributed by atoms with Gasteiger partial charge in [0.25, 0.3) is 0 Å². The summed E-state index contributed by atoms with van der Waals surface area (Å²) in [6, 6.07) is 169. The van der Waals surface area contributed by atoms with E-state index < -0.39 is 6.79 Å². The maximum atomic E-state index is 6.64. The first-order valence-electron chi connectivity index (χ1n) is 48.4. The van der Waals surface area contributed by atoms with Crippen molar-refractivity contribution in [1.82, 2.24) is 0 Å². The molecule has 0 bridgehead atoms. The van der Waals surface area contributed by atoms with Gasteiger partial charge in [-0.05, 0) is 309 Å².